The van der Waals surface area contributed by atoms with Crippen molar-refractivity contribution in [2.45, 2.75) is 52.4 Å². The third kappa shape index (κ3) is 5.64. The summed E-state index contributed by atoms with van der Waals surface area (Å²) < 4.78 is 0. The summed E-state index contributed by atoms with van der Waals surface area (Å²) in [7, 11) is 0. The van der Waals surface area contributed by atoms with E-state index in [1.54, 1.807) is 24.8 Å². The molecule has 48 heavy (non-hydrogen) atoms. The number of hydrogen-bond acceptors (Lipinski definition) is 6. The van der Waals surface area contributed by atoms with E-state index in [1.807, 2.05) is 84.9 Å². The highest BCUT2D eigenvalue weighted by molar-refractivity contribution is 6.04. The van der Waals surface area contributed by atoms with Gasteiger partial charge in [0.2, 0.25) is 0 Å². The molecule has 238 valence electrons. The molecule has 3 aromatic carbocycles. The number of phenols is 2. The topological polar surface area (TPSA) is 92.0 Å². The lowest BCUT2D eigenvalue weighted by molar-refractivity contribution is 0.477. The summed E-state index contributed by atoms with van der Waals surface area (Å²) in [6.07, 6.45) is 6.99. The van der Waals surface area contributed by atoms with Crippen molar-refractivity contribution < 1.29 is 10.2 Å². The molecule has 6 nitrogen and oxygen atoms in total. The fraction of sp³-hybridized carbons (Fsp3) is 0.190. The van der Waals surface area contributed by atoms with E-state index >= 15 is 0 Å². The van der Waals surface area contributed by atoms with E-state index in [4.69, 9.17) is 9.97 Å². The monoisotopic (exact) mass is 630 g/mol. The number of hydrogen-bond donors (Lipinski definition) is 2. The van der Waals surface area contributed by atoms with Gasteiger partial charge in [-0.1, -0.05) is 77.9 Å². The Morgan fingerprint density at radius 3 is 1.21 bits per heavy atom. The summed E-state index contributed by atoms with van der Waals surface area (Å²) in [5, 5.41) is 25.2. The predicted octanol–water partition coefficient (Wildman–Crippen LogP) is 10.2. The smallest absolute Gasteiger partial charge is 0.132 e. The van der Waals surface area contributed by atoms with Crippen molar-refractivity contribution in [2.24, 2.45) is 0 Å². The molecule has 0 atom stereocenters. The second kappa shape index (κ2) is 11.6. The second-order valence-corrected chi connectivity index (χ2v) is 14.4. The van der Waals surface area contributed by atoms with Crippen LogP contribution in [0.2, 0.25) is 0 Å². The van der Waals surface area contributed by atoms with Crippen molar-refractivity contribution >= 4 is 21.8 Å². The fourth-order valence-corrected chi connectivity index (χ4v) is 6.08. The predicted molar refractivity (Wildman–Crippen MR) is 195 cm³/mol. The van der Waals surface area contributed by atoms with Crippen molar-refractivity contribution in [1.29, 1.82) is 0 Å². The van der Waals surface area contributed by atoms with Gasteiger partial charge < -0.3 is 10.2 Å². The van der Waals surface area contributed by atoms with Crippen LogP contribution in [0.1, 0.15) is 52.7 Å². The molecule has 0 aliphatic heterocycles. The average molecular weight is 631 g/mol. The first-order valence-corrected chi connectivity index (χ1v) is 16.2. The van der Waals surface area contributed by atoms with Gasteiger partial charge in [-0.2, -0.15) is 0 Å². The number of benzene rings is 3. The van der Waals surface area contributed by atoms with Crippen molar-refractivity contribution in [1.82, 2.24) is 19.9 Å². The number of phenolic OH excluding ortho intramolecular Hbond substituents is 2. The highest BCUT2D eigenvalue weighted by Crippen LogP contribution is 2.44. The first kappa shape index (κ1) is 31.0. The third-order valence-corrected chi connectivity index (χ3v) is 8.97. The normalized spacial score (nSPS) is 12.1. The van der Waals surface area contributed by atoms with Gasteiger partial charge in [-0.05, 0) is 70.5 Å². The summed E-state index contributed by atoms with van der Waals surface area (Å²) in [6.45, 7) is 13.0. The van der Waals surface area contributed by atoms with Crippen LogP contribution in [0.5, 0.6) is 11.5 Å². The van der Waals surface area contributed by atoms with Crippen LogP contribution in [0.3, 0.4) is 0 Å². The number of fused-ring (bicyclic) bond motifs is 3. The molecule has 0 radical (unpaired) electrons. The second-order valence-electron chi connectivity index (χ2n) is 14.4. The highest BCUT2D eigenvalue weighted by Gasteiger charge is 2.23. The van der Waals surface area contributed by atoms with E-state index in [0.717, 1.165) is 33.0 Å². The minimum absolute atomic E-state index is 0.156. The Hall–Kier alpha value is -5.62. The molecular formula is C42H38N4O2. The molecule has 0 spiro atoms. The van der Waals surface area contributed by atoms with Gasteiger partial charge in [-0.3, -0.25) is 9.97 Å². The molecule has 0 unspecified atom stereocenters. The van der Waals surface area contributed by atoms with Crippen LogP contribution in [-0.2, 0) is 10.8 Å². The van der Waals surface area contributed by atoms with Gasteiger partial charge in [0.25, 0.3) is 0 Å². The van der Waals surface area contributed by atoms with Crippen molar-refractivity contribution in [3.63, 3.8) is 0 Å². The Bertz CT molecular complexity index is 2150. The Balaban J connectivity index is 1.45. The molecule has 4 heterocycles. The standard InChI is InChI=1S/C42H38N4O2/c1-41(2,3)29-19-31(27-9-7-17-43-23-27)39(47)33(21-29)35-15-13-25-11-12-26-14-16-36(46-38(26)37(25)45-35)34-22-30(42(4,5)6)20-32(40(34)48)28-10-8-18-44-24-28/h7-24,47-48H,1-6H3. The summed E-state index contributed by atoms with van der Waals surface area (Å²) in [4.78, 5) is 18.9. The molecule has 2 N–H and O–H groups in total. The number of aromatic hydroxyl groups is 2. The van der Waals surface area contributed by atoms with Crippen molar-refractivity contribution in [3.8, 4) is 56.3 Å². The van der Waals surface area contributed by atoms with E-state index in [2.05, 4.69) is 51.5 Å². The molecule has 7 aromatic rings. The molecule has 0 bridgehead atoms. The maximum atomic E-state index is 11.7. The van der Waals surface area contributed by atoms with Gasteiger partial charge in [0.1, 0.15) is 11.5 Å². The lowest BCUT2D eigenvalue weighted by Gasteiger charge is -2.23. The van der Waals surface area contributed by atoms with Gasteiger partial charge in [0, 0.05) is 68.9 Å². The highest BCUT2D eigenvalue weighted by atomic mass is 16.3. The van der Waals surface area contributed by atoms with E-state index in [-0.39, 0.29) is 22.3 Å². The maximum absolute atomic E-state index is 11.7. The summed E-state index contributed by atoms with van der Waals surface area (Å²) in [6, 6.07) is 27.8. The van der Waals surface area contributed by atoms with Gasteiger partial charge in [-0.15, -0.1) is 0 Å². The van der Waals surface area contributed by atoms with Gasteiger partial charge in [0.05, 0.1) is 22.4 Å². The lowest BCUT2D eigenvalue weighted by Crippen LogP contribution is -2.11. The van der Waals surface area contributed by atoms with E-state index in [9.17, 15) is 10.2 Å². The molecule has 6 heteroatoms. The third-order valence-electron chi connectivity index (χ3n) is 8.97. The average Bonchev–Trinajstić information content (AvgIpc) is 3.07. The van der Waals surface area contributed by atoms with Crippen LogP contribution in [0, 0.1) is 0 Å². The van der Waals surface area contributed by atoms with Crippen LogP contribution in [0.15, 0.2) is 110 Å². The summed E-state index contributed by atoms with van der Waals surface area (Å²) >= 11 is 0. The maximum Gasteiger partial charge on any atom is 0.132 e. The Morgan fingerprint density at radius 2 is 0.854 bits per heavy atom. The first-order valence-electron chi connectivity index (χ1n) is 16.2. The van der Waals surface area contributed by atoms with Gasteiger partial charge in [0.15, 0.2) is 0 Å². The Kier molecular flexibility index (Phi) is 7.47. The number of aromatic nitrogens is 4. The largest absolute Gasteiger partial charge is 0.507 e. The number of pyridine rings is 4. The molecule has 0 aliphatic carbocycles. The van der Waals surface area contributed by atoms with Gasteiger partial charge in [-0.25, -0.2) is 9.97 Å². The first-order chi connectivity index (χ1) is 22.9. The summed E-state index contributed by atoms with van der Waals surface area (Å²) in [5.74, 6) is 0.312. The number of nitrogens with zero attached hydrogens (tertiary/aromatic N) is 4. The molecular weight excluding hydrogens is 592 g/mol. The molecule has 0 amide bonds. The zero-order valence-corrected chi connectivity index (χ0v) is 28.1. The van der Waals surface area contributed by atoms with Crippen LogP contribution in [-0.4, -0.2) is 30.1 Å². The Morgan fingerprint density at radius 1 is 0.479 bits per heavy atom. The van der Waals surface area contributed by atoms with E-state index in [0.29, 0.717) is 44.7 Å². The van der Waals surface area contributed by atoms with Crippen LogP contribution < -0.4 is 0 Å². The minimum atomic E-state index is -0.169. The molecule has 0 saturated heterocycles. The SMILES string of the molecule is CC(C)(C)c1cc(-c2cccnc2)c(O)c(-c2ccc3ccc4ccc(-c5cc(C(C)(C)C)cc(-c6cccnc6)c5O)nc4c3n2)c1. The zero-order valence-electron chi connectivity index (χ0n) is 28.1. The van der Waals surface area contributed by atoms with Gasteiger partial charge >= 0.3 is 0 Å². The lowest BCUT2D eigenvalue weighted by atomic mass is 9.83. The molecule has 0 aliphatic rings. The van der Waals surface area contributed by atoms with Crippen LogP contribution >= 0.6 is 0 Å². The molecule has 0 saturated carbocycles. The molecule has 4 aromatic heterocycles. The zero-order chi connectivity index (χ0) is 33.8. The van der Waals surface area contributed by atoms with E-state index < -0.39 is 0 Å². The van der Waals surface area contributed by atoms with Crippen molar-refractivity contribution in [3.05, 3.63) is 121 Å². The van der Waals surface area contributed by atoms with Crippen LogP contribution in [0.4, 0.5) is 0 Å². The number of rotatable bonds is 4. The minimum Gasteiger partial charge on any atom is -0.507 e. The fourth-order valence-electron chi connectivity index (χ4n) is 6.08. The molecule has 0 fully saturated rings. The summed E-state index contributed by atoms with van der Waals surface area (Å²) in [5.41, 5.74) is 8.93. The quantitative estimate of drug-likeness (QED) is 0.188. The van der Waals surface area contributed by atoms with Crippen LogP contribution in [0.25, 0.3) is 66.6 Å². The molecule has 7 rings (SSSR count). The van der Waals surface area contributed by atoms with Crippen molar-refractivity contribution in [2.75, 3.05) is 0 Å². The van der Waals surface area contributed by atoms with E-state index in [1.165, 1.54) is 0 Å². The Labute approximate surface area is 280 Å².